The summed E-state index contributed by atoms with van der Waals surface area (Å²) < 4.78 is 10.1. The molecule has 0 aliphatic rings. The SMILES string of the molecule is COC(=O)c1cccc(C(CC(C)C)NC(=O)OC(C)(C)C)c1. The van der Waals surface area contributed by atoms with Gasteiger partial charge in [0.05, 0.1) is 18.7 Å². The molecule has 1 aromatic rings. The summed E-state index contributed by atoms with van der Waals surface area (Å²) in [6, 6.07) is 6.88. The Hall–Kier alpha value is -2.04. The van der Waals surface area contributed by atoms with Crippen molar-refractivity contribution in [3.05, 3.63) is 35.4 Å². The minimum absolute atomic E-state index is 0.227. The van der Waals surface area contributed by atoms with Crippen molar-refractivity contribution >= 4 is 12.1 Å². The fourth-order valence-electron chi connectivity index (χ4n) is 2.20. The number of hydrogen-bond acceptors (Lipinski definition) is 4. The van der Waals surface area contributed by atoms with Gasteiger partial charge in [0.15, 0.2) is 0 Å². The fraction of sp³-hybridized carbons (Fsp3) is 0.556. The van der Waals surface area contributed by atoms with Crippen molar-refractivity contribution in [2.24, 2.45) is 5.92 Å². The Morgan fingerprint density at radius 1 is 1.22 bits per heavy atom. The van der Waals surface area contributed by atoms with Crippen LogP contribution in [-0.2, 0) is 9.47 Å². The van der Waals surface area contributed by atoms with E-state index in [-0.39, 0.29) is 6.04 Å². The van der Waals surface area contributed by atoms with E-state index in [2.05, 4.69) is 19.2 Å². The van der Waals surface area contributed by atoms with Gasteiger partial charge < -0.3 is 14.8 Å². The lowest BCUT2D eigenvalue weighted by Crippen LogP contribution is -2.35. The lowest BCUT2D eigenvalue weighted by Gasteiger charge is -2.25. The van der Waals surface area contributed by atoms with E-state index in [1.54, 1.807) is 18.2 Å². The second kappa shape index (κ2) is 7.99. The number of carbonyl (C=O) groups excluding carboxylic acids is 2. The number of amides is 1. The minimum atomic E-state index is -0.555. The van der Waals surface area contributed by atoms with Crippen molar-refractivity contribution in [2.75, 3.05) is 7.11 Å². The highest BCUT2D eigenvalue weighted by atomic mass is 16.6. The van der Waals surface area contributed by atoms with E-state index >= 15 is 0 Å². The van der Waals surface area contributed by atoms with Gasteiger partial charge >= 0.3 is 12.1 Å². The maximum absolute atomic E-state index is 12.1. The van der Waals surface area contributed by atoms with Crippen molar-refractivity contribution < 1.29 is 19.1 Å². The first-order valence-electron chi connectivity index (χ1n) is 7.80. The molecule has 1 N–H and O–H groups in total. The summed E-state index contributed by atoms with van der Waals surface area (Å²) in [4.78, 5) is 23.8. The van der Waals surface area contributed by atoms with E-state index in [0.29, 0.717) is 11.5 Å². The highest BCUT2D eigenvalue weighted by Crippen LogP contribution is 2.23. The Balaban J connectivity index is 2.98. The van der Waals surface area contributed by atoms with Crippen LogP contribution in [0.1, 0.15) is 63.0 Å². The van der Waals surface area contributed by atoms with Crippen LogP contribution >= 0.6 is 0 Å². The highest BCUT2D eigenvalue weighted by molar-refractivity contribution is 5.89. The number of alkyl carbamates (subject to hydrolysis) is 1. The smallest absolute Gasteiger partial charge is 0.408 e. The zero-order chi connectivity index (χ0) is 17.6. The molecule has 5 heteroatoms. The Bertz CT molecular complexity index is 546. The lowest BCUT2D eigenvalue weighted by atomic mass is 9.96. The van der Waals surface area contributed by atoms with Gasteiger partial charge in [-0.1, -0.05) is 26.0 Å². The predicted octanol–water partition coefficient (Wildman–Crippen LogP) is 4.09. The number of rotatable bonds is 5. The van der Waals surface area contributed by atoms with Crippen molar-refractivity contribution in [1.29, 1.82) is 0 Å². The third-order valence-corrected chi connectivity index (χ3v) is 3.11. The second-order valence-corrected chi connectivity index (χ2v) is 6.95. The quantitative estimate of drug-likeness (QED) is 0.830. The molecule has 0 radical (unpaired) electrons. The number of nitrogens with one attached hydrogen (secondary N) is 1. The van der Waals surface area contributed by atoms with Crippen molar-refractivity contribution in [3.8, 4) is 0 Å². The molecular weight excluding hydrogens is 294 g/mol. The molecule has 1 aromatic carbocycles. The molecule has 0 spiro atoms. The third kappa shape index (κ3) is 6.72. The van der Waals surface area contributed by atoms with Crippen LogP contribution in [0.5, 0.6) is 0 Å². The van der Waals surface area contributed by atoms with Gasteiger partial charge in [0, 0.05) is 0 Å². The lowest BCUT2D eigenvalue weighted by molar-refractivity contribution is 0.0497. The Morgan fingerprint density at radius 2 is 1.87 bits per heavy atom. The summed E-state index contributed by atoms with van der Waals surface area (Å²) in [7, 11) is 1.35. The molecular formula is C18H27NO4. The normalized spacial score (nSPS) is 12.7. The van der Waals surface area contributed by atoms with E-state index < -0.39 is 17.7 Å². The van der Waals surface area contributed by atoms with Gasteiger partial charge in [-0.05, 0) is 50.8 Å². The summed E-state index contributed by atoms with van der Waals surface area (Å²) in [6.07, 6.45) is 0.274. The van der Waals surface area contributed by atoms with Gasteiger partial charge in [-0.25, -0.2) is 9.59 Å². The number of carbonyl (C=O) groups is 2. The molecule has 5 nitrogen and oxygen atoms in total. The van der Waals surface area contributed by atoms with Crippen LogP contribution in [0.3, 0.4) is 0 Å². The molecule has 128 valence electrons. The van der Waals surface area contributed by atoms with E-state index in [1.807, 2.05) is 26.8 Å². The summed E-state index contributed by atoms with van der Waals surface area (Å²) in [5.74, 6) is -0.0239. The summed E-state index contributed by atoms with van der Waals surface area (Å²) >= 11 is 0. The average Bonchev–Trinajstić information content (AvgIpc) is 2.43. The molecule has 0 aromatic heterocycles. The van der Waals surface area contributed by atoms with Crippen molar-refractivity contribution in [2.45, 2.75) is 52.7 Å². The minimum Gasteiger partial charge on any atom is -0.465 e. The van der Waals surface area contributed by atoms with Gasteiger partial charge in [-0.15, -0.1) is 0 Å². The molecule has 0 aliphatic carbocycles. The van der Waals surface area contributed by atoms with Crippen LogP contribution < -0.4 is 5.32 Å². The van der Waals surface area contributed by atoms with Gasteiger partial charge in [-0.2, -0.15) is 0 Å². The van der Waals surface area contributed by atoms with E-state index in [9.17, 15) is 9.59 Å². The van der Waals surface area contributed by atoms with Gasteiger partial charge in [0.2, 0.25) is 0 Å². The van der Waals surface area contributed by atoms with Gasteiger partial charge in [-0.3, -0.25) is 0 Å². The number of hydrogen-bond donors (Lipinski definition) is 1. The molecule has 0 fully saturated rings. The van der Waals surface area contributed by atoms with Gasteiger partial charge in [0.1, 0.15) is 5.60 Å². The molecule has 0 saturated carbocycles. The highest BCUT2D eigenvalue weighted by Gasteiger charge is 2.22. The molecule has 1 unspecified atom stereocenters. The molecule has 23 heavy (non-hydrogen) atoms. The first-order valence-corrected chi connectivity index (χ1v) is 7.80. The van der Waals surface area contributed by atoms with E-state index in [4.69, 9.17) is 9.47 Å². The number of esters is 1. The predicted molar refractivity (Wildman–Crippen MR) is 89.3 cm³/mol. The molecule has 0 aliphatic heterocycles. The Kier molecular flexibility index (Phi) is 6.61. The Labute approximate surface area is 138 Å². The molecule has 0 saturated heterocycles. The summed E-state index contributed by atoms with van der Waals surface area (Å²) in [5.41, 5.74) is 0.762. The average molecular weight is 321 g/mol. The van der Waals surface area contributed by atoms with Crippen LogP contribution in [0.4, 0.5) is 4.79 Å². The first kappa shape index (κ1) is 19.0. The largest absolute Gasteiger partial charge is 0.465 e. The number of ether oxygens (including phenoxy) is 2. The van der Waals surface area contributed by atoms with E-state index in [0.717, 1.165) is 12.0 Å². The molecule has 0 heterocycles. The van der Waals surface area contributed by atoms with Crippen molar-refractivity contribution in [1.82, 2.24) is 5.32 Å². The molecule has 1 atom stereocenters. The molecule has 1 amide bonds. The Morgan fingerprint density at radius 3 is 2.39 bits per heavy atom. The molecule has 0 bridgehead atoms. The standard InChI is InChI=1S/C18H27NO4/c1-12(2)10-15(19-17(21)23-18(3,4)5)13-8-7-9-14(11-13)16(20)22-6/h7-9,11-12,15H,10H2,1-6H3,(H,19,21). The van der Waals surface area contributed by atoms with Gasteiger partial charge in [0.25, 0.3) is 0 Å². The second-order valence-electron chi connectivity index (χ2n) is 6.95. The zero-order valence-corrected chi connectivity index (χ0v) is 14.8. The monoisotopic (exact) mass is 321 g/mol. The van der Waals surface area contributed by atoms with Crippen LogP contribution in [0, 0.1) is 5.92 Å². The topological polar surface area (TPSA) is 64.6 Å². The zero-order valence-electron chi connectivity index (χ0n) is 14.8. The first-order chi connectivity index (χ1) is 10.6. The van der Waals surface area contributed by atoms with Crippen LogP contribution in [0.2, 0.25) is 0 Å². The van der Waals surface area contributed by atoms with Crippen LogP contribution in [-0.4, -0.2) is 24.8 Å². The summed E-state index contributed by atoms with van der Waals surface area (Å²) in [5, 5.41) is 2.89. The fourth-order valence-corrected chi connectivity index (χ4v) is 2.20. The van der Waals surface area contributed by atoms with Crippen LogP contribution in [0.25, 0.3) is 0 Å². The molecule has 1 rings (SSSR count). The number of methoxy groups -OCH3 is 1. The third-order valence-electron chi connectivity index (χ3n) is 3.11. The maximum atomic E-state index is 12.1. The summed E-state index contributed by atoms with van der Waals surface area (Å²) in [6.45, 7) is 9.62. The van der Waals surface area contributed by atoms with E-state index in [1.165, 1.54) is 7.11 Å². The van der Waals surface area contributed by atoms with Crippen molar-refractivity contribution in [3.63, 3.8) is 0 Å². The number of benzene rings is 1. The van der Waals surface area contributed by atoms with Crippen LogP contribution in [0.15, 0.2) is 24.3 Å². The maximum Gasteiger partial charge on any atom is 0.408 e.